The molecule has 2 rings (SSSR count). The predicted octanol–water partition coefficient (Wildman–Crippen LogP) is 3.35. The average Bonchev–Trinajstić information content (AvgIpc) is 2.58. The van der Waals surface area contributed by atoms with Crippen LogP contribution in [0.1, 0.15) is 11.1 Å². The number of pyridine rings is 1. The molecule has 0 aliphatic carbocycles. The highest BCUT2D eigenvalue weighted by Gasteiger charge is 2.32. The second kappa shape index (κ2) is 8.78. The molecule has 0 radical (unpaired) electrons. The van der Waals surface area contributed by atoms with Gasteiger partial charge >= 0.3 is 6.18 Å². The summed E-state index contributed by atoms with van der Waals surface area (Å²) in [6.45, 7) is 0.644. The zero-order chi connectivity index (χ0) is 21.1. The van der Waals surface area contributed by atoms with E-state index in [0.29, 0.717) is 22.5 Å². The smallest absolute Gasteiger partial charge is 0.345 e. The number of hydrogen-bond donors (Lipinski definition) is 2. The lowest BCUT2D eigenvalue weighted by atomic mass is 10.2. The van der Waals surface area contributed by atoms with E-state index in [4.69, 9.17) is 11.6 Å². The molecule has 0 aliphatic heterocycles. The molecule has 1 heterocycles. The van der Waals surface area contributed by atoms with Crippen molar-refractivity contribution >= 4 is 45.0 Å². The summed E-state index contributed by atoms with van der Waals surface area (Å²) in [6, 6.07) is 5.68. The molecule has 1 aromatic heterocycles. The Labute approximate surface area is 170 Å². The Kier molecular flexibility index (Phi) is 6.89. The van der Waals surface area contributed by atoms with Gasteiger partial charge in [0, 0.05) is 16.4 Å². The van der Waals surface area contributed by atoms with Crippen LogP contribution in [0.2, 0.25) is 5.02 Å². The fourth-order valence-electron chi connectivity index (χ4n) is 2.22. The monoisotopic (exact) mass is 479 g/mol. The fraction of sp³-hybridized carbons (Fsp3) is 0.235. The molecule has 0 saturated heterocycles. The summed E-state index contributed by atoms with van der Waals surface area (Å²) in [5.74, 6) is -1.35. The number of carbonyl (C=O) groups is 2. The van der Waals surface area contributed by atoms with Crippen LogP contribution in [0, 0.1) is 6.92 Å². The molecule has 0 atom stereocenters. The minimum absolute atomic E-state index is 0.421. The second-order valence-corrected chi connectivity index (χ2v) is 7.11. The van der Waals surface area contributed by atoms with Crippen LogP contribution in [0.3, 0.4) is 0 Å². The number of alkyl halides is 3. The van der Waals surface area contributed by atoms with Crippen LogP contribution in [0.15, 0.2) is 39.7 Å². The first-order valence-electron chi connectivity index (χ1n) is 7.77. The van der Waals surface area contributed by atoms with Crippen LogP contribution in [0.4, 0.5) is 18.9 Å². The Balaban J connectivity index is 2.00. The Bertz CT molecular complexity index is 976. The van der Waals surface area contributed by atoms with E-state index in [-0.39, 0.29) is 0 Å². The summed E-state index contributed by atoms with van der Waals surface area (Å²) in [7, 11) is 0. The molecule has 28 heavy (non-hydrogen) atoms. The quantitative estimate of drug-likeness (QED) is 0.689. The number of halogens is 5. The highest BCUT2D eigenvalue weighted by Crippen LogP contribution is 2.29. The van der Waals surface area contributed by atoms with Gasteiger partial charge in [0.05, 0.1) is 12.1 Å². The van der Waals surface area contributed by atoms with Crippen molar-refractivity contribution in [2.24, 2.45) is 0 Å². The SMILES string of the molecule is Cc1cc(Br)ccc1NC(=O)CNC(=O)Cn1cc(C(F)(F)F)cc(Cl)c1=O. The van der Waals surface area contributed by atoms with Crippen molar-refractivity contribution in [1.29, 1.82) is 0 Å². The van der Waals surface area contributed by atoms with Gasteiger partial charge in [-0.1, -0.05) is 27.5 Å². The van der Waals surface area contributed by atoms with Crippen molar-refractivity contribution in [2.75, 3.05) is 11.9 Å². The first-order valence-corrected chi connectivity index (χ1v) is 8.94. The third kappa shape index (κ3) is 5.83. The summed E-state index contributed by atoms with van der Waals surface area (Å²) < 4.78 is 39.8. The van der Waals surface area contributed by atoms with Crippen LogP contribution >= 0.6 is 27.5 Å². The maximum atomic E-state index is 12.8. The van der Waals surface area contributed by atoms with Crippen molar-refractivity contribution in [1.82, 2.24) is 9.88 Å². The molecule has 0 spiro atoms. The first kappa shape index (κ1) is 22.0. The summed E-state index contributed by atoms with van der Waals surface area (Å²) in [5, 5.41) is 4.17. The largest absolute Gasteiger partial charge is 0.417 e. The summed E-state index contributed by atoms with van der Waals surface area (Å²) in [5.41, 5.74) is -0.768. The molecule has 0 aliphatic rings. The van der Waals surface area contributed by atoms with Crippen LogP contribution in [0.5, 0.6) is 0 Å². The number of carbonyl (C=O) groups excluding carboxylic acids is 2. The third-order valence-corrected chi connectivity index (χ3v) is 4.36. The minimum Gasteiger partial charge on any atom is -0.345 e. The van der Waals surface area contributed by atoms with Crippen molar-refractivity contribution in [3.63, 3.8) is 0 Å². The molecule has 0 bridgehead atoms. The van der Waals surface area contributed by atoms with Gasteiger partial charge in [0.1, 0.15) is 11.6 Å². The summed E-state index contributed by atoms with van der Waals surface area (Å²) in [6.07, 6.45) is -4.23. The van der Waals surface area contributed by atoms with E-state index >= 15 is 0 Å². The minimum atomic E-state index is -4.72. The highest BCUT2D eigenvalue weighted by atomic mass is 79.9. The number of anilines is 1. The zero-order valence-electron chi connectivity index (χ0n) is 14.4. The van der Waals surface area contributed by atoms with Gasteiger partial charge in [-0.15, -0.1) is 0 Å². The Morgan fingerprint density at radius 3 is 2.50 bits per heavy atom. The van der Waals surface area contributed by atoms with Crippen molar-refractivity contribution in [3.8, 4) is 0 Å². The summed E-state index contributed by atoms with van der Waals surface area (Å²) >= 11 is 8.81. The molecular formula is C17H14BrClF3N3O3. The number of rotatable bonds is 5. The van der Waals surface area contributed by atoms with E-state index in [0.717, 1.165) is 10.0 Å². The third-order valence-electron chi connectivity index (χ3n) is 3.59. The maximum absolute atomic E-state index is 12.8. The second-order valence-electron chi connectivity index (χ2n) is 5.79. The molecular weight excluding hydrogens is 467 g/mol. The number of aromatic nitrogens is 1. The van der Waals surface area contributed by atoms with Gasteiger partial charge in [-0.25, -0.2) is 0 Å². The van der Waals surface area contributed by atoms with E-state index in [1.54, 1.807) is 25.1 Å². The lowest BCUT2D eigenvalue weighted by molar-refractivity contribution is -0.138. The highest BCUT2D eigenvalue weighted by molar-refractivity contribution is 9.10. The summed E-state index contributed by atoms with van der Waals surface area (Å²) in [4.78, 5) is 35.7. The van der Waals surface area contributed by atoms with Crippen LogP contribution in [0.25, 0.3) is 0 Å². The van der Waals surface area contributed by atoms with Gasteiger partial charge < -0.3 is 15.2 Å². The topological polar surface area (TPSA) is 80.2 Å². The Morgan fingerprint density at radius 1 is 1.21 bits per heavy atom. The van der Waals surface area contributed by atoms with Crippen LogP contribution < -0.4 is 16.2 Å². The normalized spacial score (nSPS) is 11.2. The molecule has 0 fully saturated rings. The molecule has 150 valence electrons. The van der Waals surface area contributed by atoms with Crippen molar-refractivity contribution in [2.45, 2.75) is 19.6 Å². The zero-order valence-corrected chi connectivity index (χ0v) is 16.7. The number of aryl methyl sites for hydroxylation is 1. The molecule has 2 aromatic rings. The maximum Gasteiger partial charge on any atom is 0.417 e. The Morgan fingerprint density at radius 2 is 1.89 bits per heavy atom. The number of amides is 2. The lowest BCUT2D eigenvalue weighted by Gasteiger charge is -2.12. The molecule has 2 N–H and O–H groups in total. The van der Waals surface area contributed by atoms with E-state index in [9.17, 15) is 27.6 Å². The lowest BCUT2D eigenvalue weighted by Crippen LogP contribution is -2.37. The van der Waals surface area contributed by atoms with Gasteiger partial charge in [-0.3, -0.25) is 14.4 Å². The Hall–Kier alpha value is -2.33. The van der Waals surface area contributed by atoms with E-state index in [1.165, 1.54) is 0 Å². The van der Waals surface area contributed by atoms with Gasteiger partial charge in [-0.2, -0.15) is 13.2 Å². The van der Waals surface area contributed by atoms with Crippen molar-refractivity contribution < 1.29 is 22.8 Å². The van der Waals surface area contributed by atoms with Crippen LogP contribution in [-0.2, 0) is 22.3 Å². The molecule has 2 amide bonds. The first-order chi connectivity index (χ1) is 13.0. The molecule has 0 saturated carbocycles. The van der Waals surface area contributed by atoms with E-state index in [1.807, 2.05) is 0 Å². The number of benzene rings is 1. The van der Waals surface area contributed by atoms with Gasteiger partial charge in [-0.05, 0) is 36.8 Å². The number of nitrogens with one attached hydrogen (secondary N) is 2. The van der Waals surface area contributed by atoms with Gasteiger partial charge in [0.25, 0.3) is 5.56 Å². The van der Waals surface area contributed by atoms with Crippen LogP contribution in [-0.4, -0.2) is 22.9 Å². The van der Waals surface area contributed by atoms with Crippen molar-refractivity contribution in [3.05, 3.63) is 61.4 Å². The number of nitrogens with zero attached hydrogens (tertiary/aromatic N) is 1. The fourth-order valence-corrected chi connectivity index (χ4v) is 2.92. The molecule has 1 aromatic carbocycles. The van der Waals surface area contributed by atoms with Gasteiger partial charge in [0.2, 0.25) is 11.8 Å². The van der Waals surface area contributed by atoms with Gasteiger partial charge in [0.15, 0.2) is 0 Å². The molecule has 0 unspecified atom stereocenters. The van der Waals surface area contributed by atoms with E-state index in [2.05, 4.69) is 26.6 Å². The standard InChI is InChI=1S/C17H14BrClF3N3O3/c1-9-4-11(18)2-3-13(9)24-14(26)6-23-15(27)8-25-7-10(17(20,21)22)5-12(19)16(25)28/h2-5,7H,6,8H2,1H3,(H,23,27)(H,24,26). The van der Waals surface area contributed by atoms with E-state index < -0.39 is 47.2 Å². The predicted molar refractivity (Wildman–Crippen MR) is 101 cm³/mol. The average molecular weight is 481 g/mol. The number of hydrogen-bond acceptors (Lipinski definition) is 3. The molecule has 6 nitrogen and oxygen atoms in total. The molecule has 11 heteroatoms.